The zero-order valence-electron chi connectivity index (χ0n) is 20.9. The molecular formula is C24H27F6N3O6. The van der Waals surface area contributed by atoms with Crippen molar-refractivity contribution in [3.05, 3.63) is 65.0 Å². The maximum Gasteiger partial charge on any atom is 0.490 e. The lowest BCUT2D eigenvalue weighted by molar-refractivity contribution is -0.193. The highest BCUT2D eigenvalue weighted by atomic mass is 19.4. The molecule has 2 aromatic rings. The number of amides is 1. The van der Waals surface area contributed by atoms with Crippen LogP contribution in [0.25, 0.3) is 0 Å². The van der Waals surface area contributed by atoms with Crippen molar-refractivity contribution in [3.63, 3.8) is 0 Å². The van der Waals surface area contributed by atoms with Gasteiger partial charge < -0.3 is 19.8 Å². The molecule has 1 aromatic heterocycles. The average molecular weight is 567 g/mol. The van der Waals surface area contributed by atoms with Crippen LogP contribution in [0, 0.1) is 0 Å². The van der Waals surface area contributed by atoms with Gasteiger partial charge in [-0.2, -0.15) is 26.3 Å². The van der Waals surface area contributed by atoms with E-state index in [0.717, 1.165) is 31.6 Å². The molecule has 15 heteroatoms. The van der Waals surface area contributed by atoms with Crippen LogP contribution in [0.15, 0.2) is 42.7 Å². The lowest BCUT2D eigenvalue weighted by atomic mass is 9.97. The van der Waals surface area contributed by atoms with E-state index in [1.165, 1.54) is 16.7 Å². The van der Waals surface area contributed by atoms with E-state index in [4.69, 9.17) is 24.5 Å². The Hall–Kier alpha value is -3.72. The van der Waals surface area contributed by atoms with Crippen LogP contribution in [0.2, 0.25) is 0 Å². The van der Waals surface area contributed by atoms with Crippen LogP contribution in [0.5, 0.6) is 0 Å². The van der Waals surface area contributed by atoms with Crippen LogP contribution in [0.1, 0.15) is 22.3 Å². The van der Waals surface area contributed by atoms with Gasteiger partial charge in [-0.05, 0) is 28.7 Å². The number of halogens is 6. The number of carbonyl (C=O) groups excluding carboxylic acids is 1. The number of carboxylic acids is 2. The van der Waals surface area contributed by atoms with Crippen LogP contribution >= 0.6 is 0 Å². The number of carboxylic acid groups (broad SMARTS) is 2. The molecule has 0 unspecified atom stereocenters. The zero-order valence-corrected chi connectivity index (χ0v) is 20.9. The molecule has 0 spiro atoms. The summed E-state index contributed by atoms with van der Waals surface area (Å²) in [4.78, 5) is 37.8. The number of alkyl halides is 6. The second kappa shape index (κ2) is 15.0. The Kier molecular flexibility index (Phi) is 12.8. The lowest BCUT2D eigenvalue weighted by Gasteiger charge is -2.29. The molecular weight excluding hydrogens is 540 g/mol. The van der Waals surface area contributed by atoms with E-state index in [0.29, 0.717) is 6.61 Å². The van der Waals surface area contributed by atoms with Gasteiger partial charge in [0.15, 0.2) is 0 Å². The third-order valence-electron chi connectivity index (χ3n) is 5.02. The first-order chi connectivity index (χ1) is 18.0. The molecule has 1 aliphatic rings. The van der Waals surface area contributed by atoms with E-state index in [1.807, 2.05) is 18.5 Å². The molecule has 0 saturated heterocycles. The Morgan fingerprint density at radius 3 is 2.00 bits per heavy atom. The van der Waals surface area contributed by atoms with Crippen molar-refractivity contribution in [3.8, 4) is 0 Å². The molecule has 1 aromatic carbocycles. The van der Waals surface area contributed by atoms with Gasteiger partial charge in [0.25, 0.3) is 0 Å². The van der Waals surface area contributed by atoms with Crippen molar-refractivity contribution in [1.82, 2.24) is 14.8 Å². The number of likely N-dealkylation sites (N-methyl/N-ethyl adjacent to an activating group) is 1. The van der Waals surface area contributed by atoms with Crippen molar-refractivity contribution < 1.29 is 55.7 Å². The number of pyridine rings is 1. The van der Waals surface area contributed by atoms with Crippen LogP contribution in [-0.2, 0) is 45.2 Å². The minimum absolute atomic E-state index is 0.0215. The molecule has 216 valence electrons. The third-order valence-corrected chi connectivity index (χ3v) is 5.02. The summed E-state index contributed by atoms with van der Waals surface area (Å²) in [7, 11) is 3.47. The normalized spacial score (nSPS) is 13.1. The molecule has 1 amide bonds. The Morgan fingerprint density at radius 1 is 0.974 bits per heavy atom. The number of nitrogens with zero attached hydrogens (tertiary/aromatic N) is 3. The molecule has 39 heavy (non-hydrogen) atoms. The summed E-state index contributed by atoms with van der Waals surface area (Å²) in [5.41, 5.74) is 5.03. The first kappa shape index (κ1) is 33.3. The number of hydrogen-bond acceptors (Lipinski definition) is 6. The molecule has 2 heterocycles. The lowest BCUT2D eigenvalue weighted by Crippen LogP contribution is -2.31. The highest BCUT2D eigenvalue weighted by Gasteiger charge is 2.38. The predicted molar refractivity (Wildman–Crippen MR) is 124 cm³/mol. The Morgan fingerprint density at radius 2 is 1.51 bits per heavy atom. The van der Waals surface area contributed by atoms with Gasteiger partial charge in [0.1, 0.15) is 6.61 Å². The van der Waals surface area contributed by atoms with Crippen LogP contribution in [-0.4, -0.2) is 82.4 Å². The first-order valence-corrected chi connectivity index (χ1v) is 11.1. The van der Waals surface area contributed by atoms with E-state index in [9.17, 15) is 31.1 Å². The summed E-state index contributed by atoms with van der Waals surface area (Å²) in [5, 5.41) is 14.2. The minimum Gasteiger partial charge on any atom is -0.475 e. The Balaban J connectivity index is 0.000000449. The van der Waals surface area contributed by atoms with Gasteiger partial charge in [0.05, 0.1) is 6.61 Å². The van der Waals surface area contributed by atoms with Gasteiger partial charge in [-0.25, -0.2) is 9.59 Å². The smallest absolute Gasteiger partial charge is 0.475 e. The minimum atomic E-state index is -5.08. The fourth-order valence-electron chi connectivity index (χ4n) is 3.10. The van der Waals surface area contributed by atoms with E-state index < -0.39 is 24.3 Å². The van der Waals surface area contributed by atoms with Gasteiger partial charge in [0.2, 0.25) is 5.91 Å². The molecule has 0 fully saturated rings. The van der Waals surface area contributed by atoms with E-state index in [2.05, 4.69) is 34.1 Å². The number of aromatic nitrogens is 1. The monoisotopic (exact) mass is 567 g/mol. The van der Waals surface area contributed by atoms with E-state index in [-0.39, 0.29) is 12.5 Å². The van der Waals surface area contributed by atoms with Crippen LogP contribution < -0.4 is 0 Å². The van der Waals surface area contributed by atoms with Crippen LogP contribution in [0.4, 0.5) is 26.3 Å². The number of aliphatic carboxylic acids is 2. The van der Waals surface area contributed by atoms with Crippen LogP contribution in [0.3, 0.4) is 0 Å². The molecule has 0 bridgehead atoms. The largest absolute Gasteiger partial charge is 0.490 e. The van der Waals surface area contributed by atoms with Gasteiger partial charge in [-0.1, -0.05) is 30.3 Å². The molecule has 0 radical (unpaired) electrons. The van der Waals surface area contributed by atoms with Crippen molar-refractivity contribution in [2.45, 2.75) is 38.5 Å². The SMILES string of the molecule is CN(C)C(=O)COCc1cncc2c1CCN(Cc1ccccc1)C2.O=C(O)C(F)(F)F.O=C(O)C(F)(F)F. The number of carbonyl (C=O) groups is 3. The number of rotatable bonds is 6. The zero-order chi connectivity index (χ0) is 29.8. The summed E-state index contributed by atoms with van der Waals surface area (Å²) in [6.07, 6.45) is -5.35. The summed E-state index contributed by atoms with van der Waals surface area (Å²) >= 11 is 0. The summed E-state index contributed by atoms with van der Waals surface area (Å²) in [5.74, 6) is -5.54. The molecule has 2 N–H and O–H groups in total. The van der Waals surface area contributed by atoms with Crippen molar-refractivity contribution in [2.24, 2.45) is 0 Å². The maximum absolute atomic E-state index is 11.6. The fraction of sp³-hybridized carbons (Fsp3) is 0.417. The Labute approximate surface area is 219 Å². The van der Waals surface area contributed by atoms with Gasteiger partial charge in [-0.3, -0.25) is 14.7 Å². The van der Waals surface area contributed by atoms with E-state index in [1.54, 1.807) is 19.0 Å². The first-order valence-electron chi connectivity index (χ1n) is 11.1. The summed E-state index contributed by atoms with van der Waals surface area (Å²) in [6, 6.07) is 10.5. The Bertz CT molecular complexity index is 1070. The second-order valence-electron chi connectivity index (χ2n) is 8.27. The van der Waals surface area contributed by atoms with E-state index >= 15 is 0 Å². The van der Waals surface area contributed by atoms with Gasteiger partial charge >= 0.3 is 24.3 Å². The number of fused-ring (bicyclic) bond motifs is 1. The highest BCUT2D eigenvalue weighted by Crippen LogP contribution is 2.23. The second-order valence-corrected chi connectivity index (χ2v) is 8.27. The van der Waals surface area contributed by atoms with Crippen molar-refractivity contribution in [2.75, 3.05) is 27.2 Å². The van der Waals surface area contributed by atoms with Gasteiger partial charge in [-0.15, -0.1) is 0 Å². The molecule has 0 atom stereocenters. The highest BCUT2D eigenvalue weighted by molar-refractivity contribution is 5.76. The summed E-state index contributed by atoms with van der Waals surface area (Å²) < 4.78 is 69.1. The quantitative estimate of drug-likeness (QED) is 0.509. The van der Waals surface area contributed by atoms with Crippen molar-refractivity contribution >= 4 is 17.8 Å². The summed E-state index contributed by atoms with van der Waals surface area (Å²) in [6.45, 7) is 3.43. The molecule has 1 aliphatic heterocycles. The molecule has 3 rings (SSSR count). The third kappa shape index (κ3) is 12.6. The fourth-order valence-corrected chi connectivity index (χ4v) is 3.10. The van der Waals surface area contributed by atoms with Gasteiger partial charge in [0, 0.05) is 46.1 Å². The maximum atomic E-state index is 11.6. The number of hydrogen-bond donors (Lipinski definition) is 2. The molecule has 0 aliphatic carbocycles. The average Bonchev–Trinajstić information content (AvgIpc) is 2.84. The topological polar surface area (TPSA) is 120 Å². The standard InChI is InChI=1S/C20H25N3O2.2C2HF3O2/c1-22(2)20(24)15-25-14-18-11-21-10-17-13-23(9-8-19(17)18)12-16-6-4-3-5-7-16;2*3-2(4,5)1(6)7/h3-7,10-11H,8-9,12-15H2,1-2H3;2*(H,6,7). The van der Waals surface area contributed by atoms with Crippen molar-refractivity contribution in [1.29, 1.82) is 0 Å². The molecule has 9 nitrogen and oxygen atoms in total. The number of benzene rings is 1. The predicted octanol–water partition coefficient (Wildman–Crippen LogP) is 3.51. The number of ether oxygens (including phenoxy) is 1. The molecule has 0 saturated carbocycles.